The fourth-order valence-corrected chi connectivity index (χ4v) is 2.52. The molecule has 18 heavy (non-hydrogen) atoms. The molecule has 0 radical (unpaired) electrons. The summed E-state index contributed by atoms with van der Waals surface area (Å²) < 4.78 is 0. The molecular formula is C13H25N3O2. The van der Waals surface area contributed by atoms with Crippen LogP contribution in [0.25, 0.3) is 0 Å². The van der Waals surface area contributed by atoms with Crippen molar-refractivity contribution >= 4 is 11.8 Å². The van der Waals surface area contributed by atoms with E-state index in [1.165, 1.54) is 4.90 Å². The number of nitrogens with zero attached hydrogens (tertiary/aromatic N) is 1. The van der Waals surface area contributed by atoms with Crippen LogP contribution in [0.5, 0.6) is 0 Å². The monoisotopic (exact) mass is 255 g/mol. The normalized spacial score (nSPS) is 25.3. The van der Waals surface area contributed by atoms with Crippen molar-refractivity contribution in [3.8, 4) is 0 Å². The Morgan fingerprint density at radius 2 is 2.06 bits per heavy atom. The summed E-state index contributed by atoms with van der Waals surface area (Å²) in [4.78, 5) is 25.2. The standard InChI is InChI=1S/C13H25N3O2/c1-9(13(18)16(2)3)15-12(17)11-6-4-5-10(7-11)8-14/h9-11H,4-8,14H2,1-3H3,(H,15,17). The molecule has 5 nitrogen and oxygen atoms in total. The van der Waals surface area contributed by atoms with Crippen LogP contribution in [0.4, 0.5) is 0 Å². The van der Waals surface area contributed by atoms with E-state index in [9.17, 15) is 9.59 Å². The summed E-state index contributed by atoms with van der Waals surface area (Å²) in [6, 6.07) is -0.453. The zero-order valence-corrected chi connectivity index (χ0v) is 11.6. The Labute approximate surface area is 109 Å². The second kappa shape index (κ2) is 6.73. The highest BCUT2D eigenvalue weighted by Gasteiger charge is 2.28. The van der Waals surface area contributed by atoms with Gasteiger partial charge in [0, 0.05) is 20.0 Å². The number of hydrogen-bond donors (Lipinski definition) is 2. The second-order valence-electron chi connectivity index (χ2n) is 5.43. The molecule has 0 aromatic carbocycles. The van der Waals surface area contributed by atoms with Crippen molar-refractivity contribution in [2.24, 2.45) is 17.6 Å². The molecule has 0 aromatic heterocycles. The summed E-state index contributed by atoms with van der Waals surface area (Å²) >= 11 is 0. The minimum absolute atomic E-state index is 0.00384. The van der Waals surface area contributed by atoms with Gasteiger partial charge in [-0.1, -0.05) is 6.42 Å². The van der Waals surface area contributed by atoms with E-state index in [0.29, 0.717) is 12.5 Å². The SMILES string of the molecule is CC(NC(=O)C1CCCC(CN)C1)C(=O)N(C)C. The van der Waals surface area contributed by atoms with E-state index in [2.05, 4.69) is 5.32 Å². The van der Waals surface area contributed by atoms with Crippen LogP contribution in [0, 0.1) is 11.8 Å². The number of nitrogens with one attached hydrogen (secondary N) is 1. The molecule has 3 unspecified atom stereocenters. The van der Waals surface area contributed by atoms with Crippen LogP contribution in [0.15, 0.2) is 0 Å². The Hall–Kier alpha value is -1.10. The predicted molar refractivity (Wildman–Crippen MR) is 70.8 cm³/mol. The first-order valence-electron chi connectivity index (χ1n) is 6.67. The smallest absolute Gasteiger partial charge is 0.244 e. The maximum absolute atomic E-state index is 12.1. The summed E-state index contributed by atoms with van der Waals surface area (Å²) in [5.41, 5.74) is 5.66. The first-order chi connectivity index (χ1) is 8.45. The molecule has 2 amide bonds. The van der Waals surface area contributed by atoms with Gasteiger partial charge in [-0.15, -0.1) is 0 Å². The van der Waals surface area contributed by atoms with Crippen LogP contribution < -0.4 is 11.1 Å². The van der Waals surface area contributed by atoms with Gasteiger partial charge in [0.2, 0.25) is 11.8 Å². The predicted octanol–water partition coefficient (Wildman–Crippen LogP) is 0.344. The van der Waals surface area contributed by atoms with Crippen molar-refractivity contribution in [3.05, 3.63) is 0 Å². The molecule has 0 aromatic rings. The van der Waals surface area contributed by atoms with Gasteiger partial charge in [0.25, 0.3) is 0 Å². The largest absolute Gasteiger partial charge is 0.347 e. The van der Waals surface area contributed by atoms with Crippen molar-refractivity contribution in [3.63, 3.8) is 0 Å². The molecule has 104 valence electrons. The average molecular weight is 255 g/mol. The Balaban J connectivity index is 2.47. The highest BCUT2D eigenvalue weighted by molar-refractivity contribution is 5.87. The fraction of sp³-hybridized carbons (Fsp3) is 0.846. The first kappa shape index (κ1) is 15.0. The zero-order chi connectivity index (χ0) is 13.7. The Morgan fingerprint density at radius 3 is 2.61 bits per heavy atom. The molecule has 1 fully saturated rings. The molecule has 0 saturated heterocycles. The molecule has 1 rings (SSSR count). The zero-order valence-electron chi connectivity index (χ0n) is 11.6. The van der Waals surface area contributed by atoms with Gasteiger partial charge in [-0.3, -0.25) is 9.59 Å². The van der Waals surface area contributed by atoms with Crippen LogP contribution in [-0.2, 0) is 9.59 Å². The number of likely N-dealkylation sites (N-methyl/N-ethyl adjacent to an activating group) is 1. The molecule has 1 aliphatic rings. The highest BCUT2D eigenvalue weighted by atomic mass is 16.2. The van der Waals surface area contributed by atoms with Gasteiger partial charge in [-0.2, -0.15) is 0 Å². The highest BCUT2D eigenvalue weighted by Crippen LogP contribution is 2.28. The van der Waals surface area contributed by atoms with Gasteiger partial charge in [0.15, 0.2) is 0 Å². The summed E-state index contributed by atoms with van der Waals surface area (Å²) in [6.45, 7) is 2.37. The number of amides is 2. The molecule has 0 aliphatic heterocycles. The van der Waals surface area contributed by atoms with E-state index in [4.69, 9.17) is 5.73 Å². The van der Waals surface area contributed by atoms with Gasteiger partial charge in [-0.05, 0) is 38.6 Å². The number of rotatable bonds is 4. The number of carbonyl (C=O) groups is 2. The van der Waals surface area contributed by atoms with E-state index >= 15 is 0 Å². The van der Waals surface area contributed by atoms with Crippen LogP contribution in [0.2, 0.25) is 0 Å². The summed E-state index contributed by atoms with van der Waals surface area (Å²) in [5.74, 6) is 0.393. The maximum atomic E-state index is 12.1. The second-order valence-corrected chi connectivity index (χ2v) is 5.43. The minimum Gasteiger partial charge on any atom is -0.347 e. The molecule has 3 N–H and O–H groups in total. The molecule has 0 spiro atoms. The topological polar surface area (TPSA) is 75.4 Å². The van der Waals surface area contributed by atoms with Gasteiger partial charge in [0.1, 0.15) is 6.04 Å². The molecule has 5 heteroatoms. The van der Waals surface area contributed by atoms with Gasteiger partial charge < -0.3 is 16.0 Å². The Morgan fingerprint density at radius 1 is 1.39 bits per heavy atom. The third-order valence-electron chi connectivity index (χ3n) is 3.66. The van der Waals surface area contributed by atoms with Crippen LogP contribution in [-0.4, -0.2) is 43.4 Å². The van der Waals surface area contributed by atoms with Crippen LogP contribution >= 0.6 is 0 Å². The summed E-state index contributed by atoms with van der Waals surface area (Å²) in [5, 5.41) is 2.80. The van der Waals surface area contributed by atoms with Crippen molar-refractivity contribution in [2.45, 2.75) is 38.6 Å². The summed E-state index contributed by atoms with van der Waals surface area (Å²) in [6.07, 6.45) is 3.93. The average Bonchev–Trinajstić information content (AvgIpc) is 2.37. The lowest BCUT2D eigenvalue weighted by Gasteiger charge is -2.28. The van der Waals surface area contributed by atoms with Gasteiger partial charge >= 0.3 is 0 Å². The van der Waals surface area contributed by atoms with Crippen molar-refractivity contribution in [2.75, 3.05) is 20.6 Å². The minimum atomic E-state index is -0.453. The third-order valence-corrected chi connectivity index (χ3v) is 3.66. The van der Waals surface area contributed by atoms with Crippen LogP contribution in [0.3, 0.4) is 0 Å². The van der Waals surface area contributed by atoms with Crippen molar-refractivity contribution in [1.82, 2.24) is 10.2 Å². The molecule has 1 aliphatic carbocycles. The lowest BCUT2D eigenvalue weighted by atomic mass is 9.81. The molecular weight excluding hydrogens is 230 g/mol. The summed E-state index contributed by atoms with van der Waals surface area (Å²) in [7, 11) is 3.38. The first-order valence-corrected chi connectivity index (χ1v) is 6.67. The van der Waals surface area contributed by atoms with E-state index in [-0.39, 0.29) is 17.7 Å². The Bertz CT molecular complexity index is 305. The van der Waals surface area contributed by atoms with Crippen molar-refractivity contribution in [1.29, 1.82) is 0 Å². The number of nitrogens with two attached hydrogens (primary N) is 1. The molecule has 0 bridgehead atoms. The van der Waals surface area contributed by atoms with Crippen LogP contribution in [0.1, 0.15) is 32.6 Å². The number of hydrogen-bond acceptors (Lipinski definition) is 3. The quantitative estimate of drug-likeness (QED) is 0.761. The maximum Gasteiger partial charge on any atom is 0.244 e. The van der Waals surface area contributed by atoms with E-state index in [1.54, 1.807) is 21.0 Å². The van der Waals surface area contributed by atoms with E-state index < -0.39 is 6.04 Å². The lowest BCUT2D eigenvalue weighted by molar-refractivity contribution is -0.135. The molecule has 1 saturated carbocycles. The molecule has 3 atom stereocenters. The fourth-order valence-electron chi connectivity index (χ4n) is 2.52. The van der Waals surface area contributed by atoms with Gasteiger partial charge in [0.05, 0.1) is 0 Å². The Kier molecular flexibility index (Phi) is 5.59. The third kappa shape index (κ3) is 3.98. The van der Waals surface area contributed by atoms with Gasteiger partial charge in [-0.25, -0.2) is 0 Å². The molecule has 0 heterocycles. The van der Waals surface area contributed by atoms with E-state index in [1.807, 2.05) is 0 Å². The van der Waals surface area contributed by atoms with Crippen molar-refractivity contribution < 1.29 is 9.59 Å². The lowest BCUT2D eigenvalue weighted by Crippen LogP contribution is -2.47. The number of carbonyl (C=O) groups excluding carboxylic acids is 2. The van der Waals surface area contributed by atoms with E-state index in [0.717, 1.165) is 25.7 Å².